The maximum Gasteiger partial charge on any atom is 0.422 e. The van der Waals surface area contributed by atoms with E-state index >= 15 is 0 Å². The predicted octanol–water partition coefficient (Wildman–Crippen LogP) is 2.21. The average Bonchev–Trinajstić information content (AvgIpc) is 2.52. The van der Waals surface area contributed by atoms with Crippen LogP contribution >= 0.6 is 0 Å². The molecule has 1 aromatic carbocycles. The van der Waals surface area contributed by atoms with Gasteiger partial charge in [0.15, 0.2) is 6.61 Å². The molecule has 0 saturated heterocycles. The third-order valence-electron chi connectivity index (χ3n) is 3.01. The molecule has 0 heterocycles. The first-order chi connectivity index (χ1) is 11.2. The third kappa shape index (κ3) is 6.07. The van der Waals surface area contributed by atoms with Crippen molar-refractivity contribution in [1.29, 1.82) is 0 Å². The highest BCUT2D eigenvalue weighted by molar-refractivity contribution is 5.96. The van der Waals surface area contributed by atoms with Crippen molar-refractivity contribution < 1.29 is 32.2 Å². The molecule has 1 atom stereocenters. The molecule has 0 spiro atoms. The van der Waals surface area contributed by atoms with Gasteiger partial charge in [-0.25, -0.2) is 4.79 Å². The van der Waals surface area contributed by atoms with Crippen molar-refractivity contribution in [2.45, 2.75) is 13.1 Å². The van der Waals surface area contributed by atoms with Crippen LogP contribution in [0.1, 0.15) is 17.3 Å². The van der Waals surface area contributed by atoms with Crippen molar-refractivity contribution in [2.75, 3.05) is 32.6 Å². The summed E-state index contributed by atoms with van der Waals surface area (Å²) in [7, 11) is 2.82. The number of esters is 1. The smallest absolute Gasteiger partial charge is 0.422 e. The predicted molar refractivity (Wildman–Crippen MR) is 81.1 cm³/mol. The van der Waals surface area contributed by atoms with Crippen molar-refractivity contribution in [3.8, 4) is 5.75 Å². The van der Waals surface area contributed by atoms with Gasteiger partial charge in [-0.2, -0.15) is 13.2 Å². The largest absolute Gasteiger partial charge is 0.482 e. The lowest BCUT2D eigenvalue weighted by Crippen LogP contribution is -2.29. The summed E-state index contributed by atoms with van der Waals surface area (Å²) in [4.78, 5) is 23.5. The Labute approximate surface area is 137 Å². The number of hydrogen-bond acceptors (Lipinski definition) is 5. The molecule has 0 radical (unpaired) electrons. The Bertz CT molecular complexity index is 591. The molecule has 1 unspecified atom stereocenters. The van der Waals surface area contributed by atoms with Gasteiger partial charge < -0.3 is 20.1 Å². The number of nitrogens with one attached hydrogen (secondary N) is 2. The Morgan fingerprint density at radius 2 is 1.96 bits per heavy atom. The van der Waals surface area contributed by atoms with Gasteiger partial charge >= 0.3 is 12.1 Å². The number of benzene rings is 1. The van der Waals surface area contributed by atoms with Gasteiger partial charge in [-0.1, -0.05) is 6.92 Å². The SMILES string of the molecule is CNCC(C)C(=O)Nc1ccc(C(=O)OC)cc1OCC(F)(F)F. The zero-order valence-electron chi connectivity index (χ0n) is 13.5. The van der Waals surface area contributed by atoms with Gasteiger partial charge in [0.25, 0.3) is 0 Å². The first kappa shape index (κ1) is 19.8. The number of amides is 1. The lowest BCUT2D eigenvalue weighted by molar-refractivity contribution is -0.153. The van der Waals surface area contributed by atoms with Crippen LogP contribution in [0.2, 0.25) is 0 Å². The molecule has 1 amide bonds. The summed E-state index contributed by atoms with van der Waals surface area (Å²) in [6, 6.07) is 3.71. The summed E-state index contributed by atoms with van der Waals surface area (Å²) in [5.41, 5.74) is 0.0517. The van der Waals surface area contributed by atoms with Gasteiger partial charge in [-0.15, -0.1) is 0 Å². The lowest BCUT2D eigenvalue weighted by Gasteiger charge is -2.17. The highest BCUT2D eigenvalue weighted by Crippen LogP contribution is 2.28. The van der Waals surface area contributed by atoms with Crippen LogP contribution in [0.3, 0.4) is 0 Å². The minimum absolute atomic E-state index is 0.0101. The number of hydrogen-bond donors (Lipinski definition) is 2. The zero-order valence-corrected chi connectivity index (χ0v) is 13.5. The van der Waals surface area contributed by atoms with E-state index in [2.05, 4.69) is 15.4 Å². The normalized spacial score (nSPS) is 12.4. The van der Waals surface area contributed by atoms with Gasteiger partial charge in [0, 0.05) is 12.5 Å². The van der Waals surface area contributed by atoms with E-state index in [-0.39, 0.29) is 17.0 Å². The van der Waals surface area contributed by atoms with Crippen molar-refractivity contribution in [2.24, 2.45) is 5.92 Å². The van der Waals surface area contributed by atoms with E-state index in [0.717, 1.165) is 13.2 Å². The Hall–Kier alpha value is -2.29. The average molecular weight is 348 g/mol. The Morgan fingerprint density at radius 1 is 1.29 bits per heavy atom. The van der Waals surface area contributed by atoms with Gasteiger partial charge in [-0.3, -0.25) is 4.79 Å². The van der Waals surface area contributed by atoms with E-state index in [1.165, 1.54) is 12.1 Å². The van der Waals surface area contributed by atoms with Crippen LogP contribution in [-0.2, 0) is 9.53 Å². The van der Waals surface area contributed by atoms with Crippen LogP contribution in [0.4, 0.5) is 18.9 Å². The molecule has 0 aliphatic heterocycles. The molecular formula is C15H19F3N2O4. The third-order valence-corrected chi connectivity index (χ3v) is 3.01. The maximum atomic E-state index is 12.4. The van der Waals surface area contributed by atoms with Crippen LogP contribution in [0.25, 0.3) is 0 Å². The number of halogens is 3. The molecule has 24 heavy (non-hydrogen) atoms. The fourth-order valence-electron chi connectivity index (χ4n) is 1.80. The minimum atomic E-state index is -4.55. The summed E-state index contributed by atoms with van der Waals surface area (Å²) >= 11 is 0. The molecule has 1 aromatic rings. The minimum Gasteiger partial charge on any atom is -0.482 e. The summed E-state index contributed by atoms with van der Waals surface area (Å²) in [5, 5.41) is 5.32. The second-order valence-corrected chi connectivity index (χ2v) is 5.05. The molecule has 134 valence electrons. The van der Waals surface area contributed by atoms with E-state index < -0.39 is 30.6 Å². The van der Waals surface area contributed by atoms with Gasteiger partial charge in [0.05, 0.1) is 18.4 Å². The van der Waals surface area contributed by atoms with Gasteiger partial charge in [-0.05, 0) is 25.2 Å². The Morgan fingerprint density at radius 3 is 2.50 bits per heavy atom. The van der Waals surface area contributed by atoms with Gasteiger partial charge in [0.1, 0.15) is 5.75 Å². The topological polar surface area (TPSA) is 76.7 Å². The molecule has 0 bridgehead atoms. The molecule has 0 fully saturated rings. The zero-order chi connectivity index (χ0) is 18.3. The first-order valence-corrected chi connectivity index (χ1v) is 7.05. The van der Waals surface area contributed by atoms with E-state index in [0.29, 0.717) is 6.54 Å². The quantitative estimate of drug-likeness (QED) is 0.739. The van der Waals surface area contributed by atoms with E-state index in [4.69, 9.17) is 4.74 Å². The first-order valence-electron chi connectivity index (χ1n) is 7.05. The summed E-state index contributed by atoms with van der Waals surface area (Å²) in [6.07, 6.45) is -4.55. The van der Waals surface area contributed by atoms with Crippen LogP contribution in [-0.4, -0.2) is 45.4 Å². The standard InChI is InChI=1S/C15H19F3N2O4/c1-9(7-19-2)13(21)20-11-5-4-10(14(22)23-3)6-12(11)24-8-15(16,17)18/h4-6,9,19H,7-8H2,1-3H3,(H,20,21). The highest BCUT2D eigenvalue weighted by atomic mass is 19.4. The van der Waals surface area contributed by atoms with E-state index in [1.54, 1.807) is 14.0 Å². The molecule has 0 aromatic heterocycles. The Balaban J connectivity index is 3.04. The second-order valence-electron chi connectivity index (χ2n) is 5.05. The maximum absolute atomic E-state index is 12.4. The molecule has 9 heteroatoms. The van der Waals surface area contributed by atoms with Crippen molar-refractivity contribution in [3.05, 3.63) is 23.8 Å². The molecule has 2 N–H and O–H groups in total. The van der Waals surface area contributed by atoms with Gasteiger partial charge in [0.2, 0.25) is 5.91 Å². The monoisotopic (exact) mass is 348 g/mol. The summed E-state index contributed by atoms with van der Waals surface area (Å²) < 4.78 is 46.4. The lowest BCUT2D eigenvalue weighted by atomic mass is 10.1. The van der Waals surface area contributed by atoms with E-state index in [9.17, 15) is 22.8 Å². The molecule has 0 aliphatic carbocycles. The van der Waals surface area contributed by atoms with Crippen molar-refractivity contribution in [1.82, 2.24) is 5.32 Å². The molecule has 0 aliphatic rings. The fourth-order valence-corrected chi connectivity index (χ4v) is 1.80. The molecule has 1 rings (SSSR count). The number of anilines is 1. The van der Waals surface area contributed by atoms with Crippen molar-refractivity contribution in [3.63, 3.8) is 0 Å². The molecule has 0 saturated carbocycles. The van der Waals surface area contributed by atoms with Crippen LogP contribution in [0, 0.1) is 5.92 Å². The number of methoxy groups -OCH3 is 1. The highest BCUT2D eigenvalue weighted by Gasteiger charge is 2.29. The Kier molecular flexibility index (Phi) is 7.02. The number of ether oxygens (including phenoxy) is 2. The number of carbonyl (C=O) groups excluding carboxylic acids is 2. The van der Waals surface area contributed by atoms with Crippen LogP contribution < -0.4 is 15.4 Å². The fraction of sp³-hybridized carbons (Fsp3) is 0.467. The van der Waals surface area contributed by atoms with Crippen molar-refractivity contribution >= 4 is 17.6 Å². The summed E-state index contributed by atoms with van der Waals surface area (Å²) in [6.45, 7) is 0.502. The number of carbonyl (C=O) groups is 2. The van der Waals surface area contributed by atoms with Crippen LogP contribution in [0.15, 0.2) is 18.2 Å². The van der Waals surface area contributed by atoms with Crippen LogP contribution in [0.5, 0.6) is 5.75 Å². The number of rotatable bonds is 7. The summed E-state index contributed by atoms with van der Waals surface area (Å²) in [5.74, 6) is -1.80. The van der Waals surface area contributed by atoms with E-state index in [1.807, 2.05) is 0 Å². The molecule has 6 nitrogen and oxygen atoms in total. The second kappa shape index (κ2) is 8.53. The molecular weight excluding hydrogens is 329 g/mol. The number of alkyl halides is 3.